The van der Waals surface area contributed by atoms with Gasteiger partial charge in [0.25, 0.3) is 5.91 Å². The van der Waals surface area contributed by atoms with E-state index in [9.17, 15) is 14.4 Å². The van der Waals surface area contributed by atoms with E-state index in [2.05, 4.69) is 0 Å². The molecule has 1 atom stereocenters. The van der Waals surface area contributed by atoms with E-state index < -0.39 is 0 Å². The van der Waals surface area contributed by atoms with Gasteiger partial charge in [-0.2, -0.15) is 0 Å². The van der Waals surface area contributed by atoms with Gasteiger partial charge >= 0.3 is 0 Å². The number of piperidine rings is 1. The molecule has 2 aromatic rings. The number of nitrogens with zero attached hydrogens (tertiary/aromatic N) is 2. The molecule has 0 bridgehead atoms. The first-order valence-electron chi connectivity index (χ1n) is 11.1. The molecule has 174 valence electrons. The van der Waals surface area contributed by atoms with Crippen molar-refractivity contribution in [1.82, 2.24) is 4.90 Å². The van der Waals surface area contributed by atoms with E-state index in [0.717, 1.165) is 24.8 Å². The van der Waals surface area contributed by atoms with Crippen molar-refractivity contribution >= 4 is 34.9 Å². The van der Waals surface area contributed by atoms with Gasteiger partial charge in [-0.3, -0.25) is 19.3 Å². The lowest BCUT2D eigenvalue weighted by molar-refractivity contribution is -0.134. The third kappa shape index (κ3) is 5.14. The zero-order chi connectivity index (χ0) is 23.5. The number of likely N-dealkylation sites (tertiary alicyclic amines) is 1. The van der Waals surface area contributed by atoms with Gasteiger partial charge in [0.15, 0.2) is 19.0 Å². The first-order valence-corrected chi connectivity index (χ1v) is 11.5. The van der Waals surface area contributed by atoms with Crippen molar-refractivity contribution in [3.05, 3.63) is 52.5 Å². The number of aryl methyl sites for hydroxylation is 1. The van der Waals surface area contributed by atoms with Gasteiger partial charge in [0.2, 0.25) is 5.91 Å². The summed E-state index contributed by atoms with van der Waals surface area (Å²) in [7, 11) is 0. The summed E-state index contributed by atoms with van der Waals surface area (Å²) >= 11 is 6.03. The van der Waals surface area contributed by atoms with E-state index in [0.29, 0.717) is 34.3 Å². The lowest BCUT2D eigenvalue weighted by Gasteiger charge is -2.36. The zero-order valence-corrected chi connectivity index (χ0v) is 19.6. The number of anilines is 1. The van der Waals surface area contributed by atoms with E-state index in [-0.39, 0.29) is 43.4 Å². The van der Waals surface area contributed by atoms with Crippen LogP contribution in [-0.4, -0.2) is 54.8 Å². The van der Waals surface area contributed by atoms with E-state index in [1.165, 1.54) is 4.90 Å². The van der Waals surface area contributed by atoms with Gasteiger partial charge in [-0.05, 0) is 75.1 Å². The van der Waals surface area contributed by atoms with Gasteiger partial charge in [-0.1, -0.05) is 11.6 Å². The summed E-state index contributed by atoms with van der Waals surface area (Å²) in [6.45, 7) is 4.22. The minimum atomic E-state index is -0.307. The van der Waals surface area contributed by atoms with Crippen LogP contribution in [0.4, 0.5) is 5.69 Å². The molecule has 0 N–H and O–H groups in total. The van der Waals surface area contributed by atoms with Crippen LogP contribution in [0.1, 0.15) is 42.1 Å². The van der Waals surface area contributed by atoms with Crippen LogP contribution in [-0.2, 0) is 9.59 Å². The molecule has 0 aliphatic carbocycles. The molecule has 0 aromatic heterocycles. The Balaban J connectivity index is 1.49. The molecule has 4 rings (SSSR count). The number of ketones is 1. The fourth-order valence-electron chi connectivity index (χ4n) is 4.18. The molecule has 0 radical (unpaired) electrons. The fourth-order valence-corrected chi connectivity index (χ4v) is 4.30. The highest BCUT2D eigenvalue weighted by atomic mass is 35.5. The highest BCUT2D eigenvalue weighted by Crippen LogP contribution is 2.33. The molecule has 1 saturated heterocycles. The molecule has 0 saturated carbocycles. The van der Waals surface area contributed by atoms with Crippen molar-refractivity contribution in [2.45, 2.75) is 39.2 Å². The molecule has 2 heterocycles. The molecule has 2 aliphatic heterocycles. The van der Waals surface area contributed by atoms with Gasteiger partial charge in [0.1, 0.15) is 18.0 Å². The number of carbonyl (C=O) groups is 3. The van der Waals surface area contributed by atoms with Gasteiger partial charge in [0.05, 0.1) is 5.69 Å². The van der Waals surface area contributed by atoms with E-state index in [1.54, 1.807) is 36.4 Å². The summed E-state index contributed by atoms with van der Waals surface area (Å²) < 4.78 is 11.2. The van der Waals surface area contributed by atoms with Crippen molar-refractivity contribution in [2.24, 2.45) is 0 Å². The number of fused-ring (bicyclic) bond motifs is 1. The van der Waals surface area contributed by atoms with Crippen molar-refractivity contribution in [3.8, 4) is 11.5 Å². The topological polar surface area (TPSA) is 76.2 Å². The Labute approximate surface area is 198 Å². The minimum Gasteiger partial charge on any atom is -0.485 e. The van der Waals surface area contributed by atoms with E-state index >= 15 is 0 Å². The van der Waals surface area contributed by atoms with E-state index in [1.807, 2.05) is 18.7 Å². The second-order valence-corrected chi connectivity index (χ2v) is 8.91. The van der Waals surface area contributed by atoms with Crippen LogP contribution < -0.4 is 14.4 Å². The second kappa shape index (κ2) is 9.83. The second-order valence-electron chi connectivity index (χ2n) is 8.51. The molecular formula is C25H27ClN2O5. The summed E-state index contributed by atoms with van der Waals surface area (Å²) in [6.07, 6.45) is 3.04. The molecule has 2 aromatic carbocycles. The number of halogens is 1. The van der Waals surface area contributed by atoms with Crippen molar-refractivity contribution in [2.75, 3.05) is 31.2 Å². The van der Waals surface area contributed by atoms with Gasteiger partial charge in [-0.15, -0.1) is 0 Å². The predicted octanol–water partition coefficient (Wildman–Crippen LogP) is 4.04. The summed E-state index contributed by atoms with van der Waals surface area (Å²) in [6, 6.07) is 10.2. The molecule has 33 heavy (non-hydrogen) atoms. The smallest absolute Gasteiger partial charge is 0.265 e. The zero-order valence-electron chi connectivity index (χ0n) is 18.8. The van der Waals surface area contributed by atoms with Crippen molar-refractivity contribution in [3.63, 3.8) is 0 Å². The van der Waals surface area contributed by atoms with E-state index in [4.69, 9.17) is 21.1 Å². The van der Waals surface area contributed by atoms with Crippen LogP contribution in [0.25, 0.3) is 0 Å². The number of ether oxygens (including phenoxy) is 2. The number of amides is 2. The SMILES string of the molecule is Cc1cc(OCC(=O)c2ccc3c(c2)N(CC(=O)N2CCCCC2C)C(=O)CO3)ccc1Cl. The van der Waals surface area contributed by atoms with Crippen LogP contribution >= 0.6 is 11.6 Å². The maximum atomic E-state index is 13.0. The van der Waals surface area contributed by atoms with Crippen molar-refractivity contribution < 1.29 is 23.9 Å². The third-order valence-corrected chi connectivity index (χ3v) is 6.56. The first kappa shape index (κ1) is 23.1. The number of benzene rings is 2. The summed E-state index contributed by atoms with van der Waals surface area (Å²) in [5, 5.41) is 0.626. The average molecular weight is 471 g/mol. The van der Waals surface area contributed by atoms with Crippen LogP contribution in [0.2, 0.25) is 5.02 Å². The Kier molecular flexibility index (Phi) is 6.88. The predicted molar refractivity (Wildman–Crippen MR) is 125 cm³/mol. The molecule has 8 heteroatoms. The average Bonchev–Trinajstić information content (AvgIpc) is 2.81. The largest absolute Gasteiger partial charge is 0.485 e. The lowest BCUT2D eigenvalue weighted by atomic mass is 10.0. The summed E-state index contributed by atoms with van der Waals surface area (Å²) in [5.41, 5.74) is 1.66. The molecular weight excluding hydrogens is 444 g/mol. The molecule has 2 amide bonds. The highest BCUT2D eigenvalue weighted by Gasteiger charge is 2.31. The molecule has 1 unspecified atom stereocenters. The first-order chi connectivity index (χ1) is 15.8. The monoisotopic (exact) mass is 470 g/mol. The Morgan fingerprint density at radius 3 is 2.76 bits per heavy atom. The Bertz CT molecular complexity index is 1090. The standard InChI is InChI=1S/C25H27ClN2O5/c1-16-11-19(7-8-20(16)26)32-14-22(29)18-6-9-23-21(12-18)28(25(31)15-33-23)13-24(30)27-10-4-3-5-17(27)2/h6-9,11-12,17H,3-5,10,13-15H2,1-2H3. The van der Waals surface area contributed by atoms with Gasteiger partial charge in [0, 0.05) is 23.2 Å². The summed E-state index contributed by atoms with van der Waals surface area (Å²) in [5.74, 6) is 0.364. The normalized spacial score (nSPS) is 17.9. The molecule has 0 spiro atoms. The molecule has 2 aliphatic rings. The van der Waals surface area contributed by atoms with Gasteiger partial charge in [-0.25, -0.2) is 0 Å². The van der Waals surface area contributed by atoms with Crippen LogP contribution in [0.5, 0.6) is 11.5 Å². The number of Topliss-reactive ketones (excluding diaryl/α,β-unsaturated/α-hetero) is 1. The number of hydrogen-bond acceptors (Lipinski definition) is 5. The number of hydrogen-bond donors (Lipinski definition) is 0. The lowest BCUT2D eigenvalue weighted by Crippen LogP contribution is -2.50. The highest BCUT2D eigenvalue weighted by molar-refractivity contribution is 6.31. The quantitative estimate of drug-likeness (QED) is 0.595. The molecule has 1 fully saturated rings. The molecule has 7 nitrogen and oxygen atoms in total. The summed E-state index contributed by atoms with van der Waals surface area (Å²) in [4.78, 5) is 41.6. The van der Waals surface area contributed by atoms with Gasteiger partial charge < -0.3 is 14.4 Å². The Morgan fingerprint density at radius 1 is 1.18 bits per heavy atom. The van der Waals surface area contributed by atoms with Crippen LogP contribution in [0.15, 0.2) is 36.4 Å². The van der Waals surface area contributed by atoms with Crippen LogP contribution in [0, 0.1) is 6.92 Å². The fraction of sp³-hybridized carbons (Fsp3) is 0.400. The maximum Gasteiger partial charge on any atom is 0.265 e. The van der Waals surface area contributed by atoms with Crippen molar-refractivity contribution in [1.29, 1.82) is 0 Å². The minimum absolute atomic E-state index is 0.0717. The maximum absolute atomic E-state index is 13.0. The Hall–Kier alpha value is -3.06. The van der Waals surface area contributed by atoms with Crippen LogP contribution in [0.3, 0.4) is 0 Å². The number of rotatable bonds is 6. The third-order valence-electron chi connectivity index (χ3n) is 6.14. The number of carbonyl (C=O) groups excluding carboxylic acids is 3. The Morgan fingerprint density at radius 2 is 2.00 bits per heavy atom.